The quantitative estimate of drug-likeness (QED) is 0.754. The smallest absolute Gasteiger partial charge is 0.226 e. The number of piperidine rings is 1. The molecule has 1 unspecified atom stereocenters. The van der Waals surface area contributed by atoms with Crippen LogP contribution in [0.25, 0.3) is 11.2 Å². The fraction of sp³-hybridized carbons (Fsp3) is 0.538. The fourth-order valence-electron chi connectivity index (χ4n) is 2.75. The van der Waals surface area contributed by atoms with Gasteiger partial charge in [-0.1, -0.05) is 0 Å². The molecule has 1 saturated heterocycles. The van der Waals surface area contributed by atoms with Crippen LogP contribution in [0.15, 0.2) is 6.33 Å². The molecule has 0 saturated carbocycles. The Labute approximate surface area is 122 Å². The van der Waals surface area contributed by atoms with Crippen LogP contribution in [-0.4, -0.2) is 53.0 Å². The van der Waals surface area contributed by atoms with Gasteiger partial charge in [-0.15, -0.1) is 0 Å². The number of imidazole rings is 1. The second kappa shape index (κ2) is 5.55. The Bertz CT molecular complexity index is 653. The number of rotatable bonds is 3. The molecular formula is C13H19N7O. The summed E-state index contributed by atoms with van der Waals surface area (Å²) in [6.45, 7) is 1.54. The van der Waals surface area contributed by atoms with E-state index < -0.39 is 0 Å². The van der Waals surface area contributed by atoms with Gasteiger partial charge in [-0.2, -0.15) is 9.97 Å². The van der Waals surface area contributed by atoms with Gasteiger partial charge in [0.15, 0.2) is 11.5 Å². The summed E-state index contributed by atoms with van der Waals surface area (Å²) in [6.07, 6.45) is 3.49. The van der Waals surface area contributed by atoms with E-state index >= 15 is 0 Å². The van der Waals surface area contributed by atoms with Crippen molar-refractivity contribution in [3.05, 3.63) is 6.33 Å². The molecule has 8 nitrogen and oxygen atoms in total. The van der Waals surface area contributed by atoms with E-state index in [1.807, 2.05) is 0 Å². The average Bonchev–Trinajstić information content (AvgIpc) is 3.01. The zero-order valence-corrected chi connectivity index (χ0v) is 12.2. The first kappa shape index (κ1) is 13.6. The van der Waals surface area contributed by atoms with Crippen molar-refractivity contribution in [1.82, 2.24) is 25.3 Å². The molecule has 0 spiro atoms. The van der Waals surface area contributed by atoms with E-state index in [1.165, 1.54) is 0 Å². The number of aromatic amines is 1. The van der Waals surface area contributed by atoms with E-state index in [2.05, 4.69) is 35.5 Å². The predicted molar refractivity (Wildman–Crippen MR) is 80.2 cm³/mol. The second-order valence-corrected chi connectivity index (χ2v) is 5.12. The van der Waals surface area contributed by atoms with Crippen molar-refractivity contribution in [3.63, 3.8) is 0 Å². The SMILES string of the molecule is CNC(=O)C1CCCN(c2nc(NC)nc3nc[nH]c23)C1. The molecule has 3 heterocycles. The molecule has 0 aromatic carbocycles. The summed E-state index contributed by atoms with van der Waals surface area (Å²) in [5, 5.41) is 5.68. The van der Waals surface area contributed by atoms with Crippen molar-refractivity contribution in [2.75, 3.05) is 37.4 Å². The number of aromatic nitrogens is 4. The van der Waals surface area contributed by atoms with Crippen LogP contribution in [0, 0.1) is 5.92 Å². The summed E-state index contributed by atoms with van der Waals surface area (Å²) in [5.41, 5.74) is 1.44. The van der Waals surface area contributed by atoms with Gasteiger partial charge in [-0.3, -0.25) is 4.79 Å². The molecule has 21 heavy (non-hydrogen) atoms. The van der Waals surface area contributed by atoms with E-state index in [9.17, 15) is 4.79 Å². The number of carbonyl (C=O) groups is 1. The van der Waals surface area contributed by atoms with Crippen molar-refractivity contribution in [2.24, 2.45) is 5.92 Å². The standard InChI is InChI=1S/C13H19N7O/c1-14-12(21)8-4-3-5-20(6-8)11-9-10(17-7-16-9)18-13(15-2)19-11/h7-8H,3-6H2,1-2H3,(H,14,21)(H2,15,16,17,18,19). The molecule has 112 valence electrons. The first-order valence-corrected chi connectivity index (χ1v) is 7.08. The Hall–Kier alpha value is -2.38. The zero-order valence-electron chi connectivity index (χ0n) is 12.2. The average molecular weight is 289 g/mol. The van der Waals surface area contributed by atoms with Gasteiger partial charge in [0.1, 0.15) is 5.52 Å². The highest BCUT2D eigenvalue weighted by Crippen LogP contribution is 2.27. The number of H-pyrrole nitrogens is 1. The molecular weight excluding hydrogens is 270 g/mol. The Morgan fingerprint density at radius 1 is 1.43 bits per heavy atom. The predicted octanol–water partition coefficient (Wildman–Crippen LogP) is 0.357. The van der Waals surface area contributed by atoms with Crippen LogP contribution < -0.4 is 15.5 Å². The summed E-state index contributed by atoms with van der Waals surface area (Å²) >= 11 is 0. The van der Waals surface area contributed by atoms with Gasteiger partial charge in [0.2, 0.25) is 11.9 Å². The van der Waals surface area contributed by atoms with Gasteiger partial charge in [0, 0.05) is 27.2 Å². The molecule has 3 N–H and O–H groups in total. The highest BCUT2D eigenvalue weighted by molar-refractivity contribution is 5.85. The third kappa shape index (κ3) is 2.48. The summed E-state index contributed by atoms with van der Waals surface area (Å²) in [7, 11) is 3.46. The third-order valence-corrected chi connectivity index (χ3v) is 3.83. The van der Waals surface area contributed by atoms with Gasteiger partial charge < -0.3 is 20.5 Å². The van der Waals surface area contributed by atoms with Crippen LogP contribution in [0.3, 0.4) is 0 Å². The number of hydrogen-bond donors (Lipinski definition) is 3. The molecule has 1 amide bonds. The molecule has 1 fully saturated rings. The van der Waals surface area contributed by atoms with Crippen molar-refractivity contribution in [2.45, 2.75) is 12.8 Å². The Morgan fingerprint density at radius 2 is 2.29 bits per heavy atom. The number of amides is 1. The molecule has 8 heteroatoms. The molecule has 1 aliphatic heterocycles. The van der Waals surface area contributed by atoms with Gasteiger partial charge in [0.25, 0.3) is 0 Å². The fourth-order valence-corrected chi connectivity index (χ4v) is 2.75. The van der Waals surface area contributed by atoms with Crippen molar-refractivity contribution >= 4 is 28.8 Å². The van der Waals surface area contributed by atoms with Gasteiger partial charge in [-0.05, 0) is 12.8 Å². The molecule has 0 radical (unpaired) electrons. The lowest BCUT2D eigenvalue weighted by Crippen LogP contribution is -2.42. The summed E-state index contributed by atoms with van der Waals surface area (Å²) in [4.78, 5) is 30.1. The molecule has 0 bridgehead atoms. The minimum Gasteiger partial charge on any atom is -0.359 e. The van der Waals surface area contributed by atoms with Crippen LogP contribution in [-0.2, 0) is 4.79 Å². The highest BCUT2D eigenvalue weighted by Gasteiger charge is 2.27. The number of nitrogens with one attached hydrogen (secondary N) is 3. The van der Waals surface area contributed by atoms with Crippen LogP contribution in [0.4, 0.5) is 11.8 Å². The minimum absolute atomic E-state index is 0.00489. The molecule has 1 atom stereocenters. The Balaban J connectivity index is 1.95. The minimum atomic E-state index is -0.00489. The molecule has 1 aliphatic rings. The maximum absolute atomic E-state index is 11.9. The lowest BCUT2D eigenvalue weighted by molar-refractivity contribution is -0.124. The van der Waals surface area contributed by atoms with Gasteiger partial charge in [0.05, 0.1) is 12.2 Å². The van der Waals surface area contributed by atoms with Crippen molar-refractivity contribution < 1.29 is 4.79 Å². The third-order valence-electron chi connectivity index (χ3n) is 3.83. The first-order chi connectivity index (χ1) is 10.2. The van der Waals surface area contributed by atoms with E-state index in [-0.39, 0.29) is 11.8 Å². The highest BCUT2D eigenvalue weighted by atomic mass is 16.1. The maximum Gasteiger partial charge on any atom is 0.226 e. The number of hydrogen-bond acceptors (Lipinski definition) is 6. The summed E-state index contributed by atoms with van der Waals surface area (Å²) in [5.74, 6) is 1.42. The van der Waals surface area contributed by atoms with E-state index in [4.69, 9.17) is 0 Å². The lowest BCUT2D eigenvalue weighted by Gasteiger charge is -2.32. The van der Waals surface area contributed by atoms with E-state index in [1.54, 1.807) is 20.4 Å². The first-order valence-electron chi connectivity index (χ1n) is 7.08. The lowest BCUT2D eigenvalue weighted by atomic mass is 9.97. The molecule has 2 aromatic rings. The van der Waals surface area contributed by atoms with Crippen LogP contribution >= 0.6 is 0 Å². The zero-order chi connectivity index (χ0) is 14.8. The van der Waals surface area contributed by atoms with Crippen LogP contribution in [0.1, 0.15) is 12.8 Å². The normalized spacial score (nSPS) is 18.8. The van der Waals surface area contributed by atoms with Gasteiger partial charge >= 0.3 is 0 Å². The molecule has 2 aromatic heterocycles. The second-order valence-electron chi connectivity index (χ2n) is 5.12. The Morgan fingerprint density at radius 3 is 3.05 bits per heavy atom. The van der Waals surface area contributed by atoms with Gasteiger partial charge in [-0.25, -0.2) is 4.98 Å². The maximum atomic E-state index is 11.9. The summed E-state index contributed by atoms with van der Waals surface area (Å²) in [6, 6.07) is 0. The summed E-state index contributed by atoms with van der Waals surface area (Å²) < 4.78 is 0. The topological polar surface area (TPSA) is 98.8 Å². The number of nitrogens with zero attached hydrogens (tertiary/aromatic N) is 4. The van der Waals surface area contributed by atoms with Crippen LogP contribution in [0.5, 0.6) is 0 Å². The van der Waals surface area contributed by atoms with E-state index in [0.29, 0.717) is 18.1 Å². The Kier molecular flexibility index (Phi) is 3.59. The van der Waals surface area contributed by atoms with E-state index in [0.717, 1.165) is 30.7 Å². The number of fused-ring (bicyclic) bond motifs is 1. The van der Waals surface area contributed by atoms with Crippen molar-refractivity contribution in [3.8, 4) is 0 Å². The molecule has 3 rings (SSSR count). The largest absolute Gasteiger partial charge is 0.359 e. The van der Waals surface area contributed by atoms with Crippen LogP contribution in [0.2, 0.25) is 0 Å². The van der Waals surface area contributed by atoms with Crippen molar-refractivity contribution in [1.29, 1.82) is 0 Å². The number of anilines is 2. The molecule has 0 aliphatic carbocycles. The monoisotopic (exact) mass is 289 g/mol. The number of carbonyl (C=O) groups excluding carboxylic acids is 1.